The molecule has 96 valence electrons. The van der Waals surface area contributed by atoms with Crippen LogP contribution >= 0.6 is 0 Å². The maximum absolute atomic E-state index is 10.9. The summed E-state index contributed by atoms with van der Waals surface area (Å²) in [6, 6.07) is 0. The molecule has 17 heavy (non-hydrogen) atoms. The number of likely N-dealkylation sites (tertiary alicyclic amines) is 1. The Balaban J connectivity index is 2.34. The monoisotopic (exact) mass is 238 g/mol. The van der Waals surface area contributed by atoms with E-state index in [2.05, 4.69) is 18.8 Å². The number of carbonyl (C=O) groups is 1. The van der Waals surface area contributed by atoms with Crippen molar-refractivity contribution in [3.8, 4) is 11.8 Å². The lowest BCUT2D eigenvalue weighted by atomic mass is 10.1. The number of hydrogen-bond acceptors (Lipinski definition) is 2. The summed E-state index contributed by atoms with van der Waals surface area (Å²) in [4.78, 5) is 12.5. The first kappa shape index (κ1) is 14.1. The van der Waals surface area contributed by atoms with Gasteiger partial charge in [0.15, 0.2) is 6.10 Å². The molecule has 0 aromatic rings. The molecule has 0 aromatic carbocycles. The van der Waals surface area contributed by atoms with E-state index >= 15 is 0 Å². The fraction of sp³-hybridized carbons (Fsp3) is 0.786. The van der Waals surface area contributed by atoms with Gasteiger partial charge >= 0.3 is 5.97 Å². The summed E-state index contributed by atoms with van der Waals surface area (Å²) >= 11 is 0. The largest absolute Gasteiger partial charge is 0.449 e. The molecule has 1 saturated heterocycles. The first-order chi connectivity index (χ1) is 8.22. The number of piperidine rings is 1. The summed E-state index contributed by atoms with van der Waals surface area (Å²) in [5.41, 5.74) is 0. The molecule has 0 amide bonds. The lowest BCUT2D eigenvalue weighted by Gasteiger charge is -2.21. The van der Waals surface area contributed by atoms with Gasteiger partial charge < -0.3 is 9.64 Å². The van der Waals surface area contributed by atoms with Crippen molar-refractivity contribution >= 4 is 5.97 Å². The summed E-state index contributed by atoms with van der Waals surface area (Å²) in [6.45, 7) is 6.89. The highest BCUT2D eigenvalue weighted by atomic mass is 16.5. The molecule has 1 rings (SSSR count). The summed E-state index contributed by atoms with van der Waals surface area (Å²) in [5.74, 6) is 6.03. The number of hydrogen-bond donors (Lipinski definition) is 1. The summed E-state index contributed by atoms with van der Waals surface area (Å²) in [5, 5.41) is 0. The lowest BCUT2D eigenvalue weighted by Crippen LogP contribution is -3.12. The number of nitrogens with one attached hydrogen (secondary N) is 1. The van der Waals surface area contributed by atoms with Crippen LogP contribution in [0.1, 0.15) is 46.0 Å². The minimum atomic E-state index is -0.233. The highest BCUT2D eigenvalue weighted by Crippen LogP contribution is 2.00. The first-order valence-corrected chi connectivity index (χ1v) is 6.71. The molecule has 3 heteroatoms. The zero-order valence-corrected chi connectivity index (χ0v) is 11.1. The van der Waals surface area contributed by atoms with E-state index in [1.54, 1.807) is 4.90 Å². The Morgan fingerprint density at radius 2 is 2.06 bits per heavy atom. The number of esters is 1. The molecular formula is C14H24NO2+. The third-order valence-corrected chi connectivity index (χ3v) is 3.02. The topological polar surface area (TPSA) is 30.7 Å². The molecule has 0 spiro atoms. The molecule has 1 atom stereocenters. The zero-order chi connectivity index (χ0) is 12.5. The summed E-state index contributed by atoms with van der Waals surface area (Å²) < 4.78 is 5.16. The second kappa shape index (κ2) is 8.14. The Hall–Kier alpha value is -1.01. The zero-order valence-electron chi connectivity index (χ0n) is 11.1. The van der Waals surface area contributed by atoms with E-state index in [4.69, 9.17) is 4.74 Å². The molecule has 1 aliphatic heterocycles. The quantitative estimate of drug-likeness (QED) is 0.580. The molecule has 1 heterocycles. The van der Waals surface area contributed by atoms with Gasteiger partial charge in [0.1, 0.15) is 6.54 Å². The molecule has 0 bridgehead atoms. The number of quaternary nitrogens is 1. The van der Waals surface area contributed by atoms with Gasteiger partial charge in [0.05, 0.1) is 13.1 Å². The average molecular weight is 238 g/mol. The van der Waals surface area contributed by atoms with Gasteiger partial charge in [-0.2, -0.15) is 0 Å². The Labute approximate surface area is 105 Å². The van der Waals surface area contributed by atoms with E-state index in [1.807, 2.05) is 0 Å². The minimum absolute atomic E-state index is 0.207. The van der Waals surface area contributed by atoms with Crippen molar-refractivity contribution in [1.82, 2.24) is 0 Å². The van der Waals surface area contributed by atoms with Crippen molar-refractivity contribution in [1.29, 1.82) is 0 Å². The van der Waals surface area contributed by atoms with Crippen LogP contribution in [-0.2, 0) is 9.53 Å². The van der Waals surface area contributed by atoms with Gasteiger partial charge in [-0.15, -0.1) is 0 Å². The molecule has 0 unspecified atom stereocenters. The smallest absolute Gasteiger partial charge is 0.303 e. The van der Waals surface area contributed by atoms with Gasteiger partial charge in [-0.3, -0.25) is 4.79 Å². The van der Waals surface area contributed by atoms with Gasteiger partial charge in [0.25, 0.3) is 0 Å². The lowest BCUT2D eigenvalue weighted by molar-refractivity contribution is -0.897. The highest BCUT2D eigenvalue weighted by Gasteiger charge is 2.12. The number of carbonyl (C=O) groups excluding carboxylic acids is 1. The Bertz CT molecular complexity index is 284. The minimum Gasteiger partial charge on any atom is -0.449 e. The maximum Gasteiger partial charge on any atom is 0.303 e. The van der Waals surface area contributed by atoms with E-state index in [9.17, 15) is 4.79 Å². The Morgan fingerprint density at radius 1 is 1.35 bits per heavy atom. The van der Waals surface area contributed by atoms with Gasteiger partial charge in [0, 0.05) is 6.92 Å². The van der Waals surface area contributed by atoms with Crippen LogP contribution in [0.3, 0.4) is 0 Å². The van der Waals surface area contributed by atoms with E-state index in [-0.39, 0.29) is 12.1 Å². The van der Waals surface area contributed by atoms with Crippen LogP contribution in [0.25, 0.3) is 0 Å². The van der Waals surface area contributed by atoms with Crippen LogP contribution in [0.4, 0.5) is 0 Å². The second-order valence-corrected chi connectivity index (χ2v) is 4.70. The van der Waals surface area contributed by atoms with E-state index in [1.165, 1.54) is 39.3 Å². The standard InChI is InChI=1S/C14H23NO2/c1-3-8-14(17-13(2)16)9-7-12-15-10-5-4-6-11-15/h14H,3-6,8,10-12H2,1-2H3/p+1/t14-/m1/s1. The van der Waals surface area contributed by atoms with Crippen LogP contribution in [0.2, 0.25) is 0 Å². The summed E-state index contributed by atoms with van der Waals surface area (Å²) in [6.07, 6.45) is 5.62. The van der Waals surface area contributed by atoms with Crippen molar-refractivity contribution in [2.45, 2.75) is 52.1 Å². The van der Waals surface area contributed by atoms with Crippen molar-refractivity contribution in [3.63, 3.8) is 0 Å². The fourth-order valence-corrected chi connectivity index (χ4v) is 2.14. The van der Waals surface area contributed by atoms with Gasteiger partial charge in [-0.1, -0.05) is 19.3 Å². The molecule has 0 aliphatic carbocycles. The molecule has 1 aliphatic rings. The molecule has 3 nitrogen and oxygen atoms in total. The van der Waals surface area contributed by atoms with Crippen molar-refractivity contribution in [2.75, 3.05) is 19.6 Å². The fourth-order valence-electron chi connectivity index (χ4n) is 2.14. The molecule has 0 aromatic heterocycles. The molecule has 1 fully saturated rings. The van der Waals surface area contributed by atoms with Crippen LogP contribution in [-0.4, -0.2) is 31.7 Å². The van der Waals surface area contributed by atoms with Crippen molar-refractivity contribution in [3.05, 3.63) is 0 Å². The van der Waals surface area contributed by atoms with Gasteiger partial charge in [-0.25, -0.2) is 0 Å². The molecule has 1 N–H and O–H groups in total. The maximum atomic E-state index is 10.9. The van der Waals surface area contributed by atoms with E-state index in [0.717, 1.165) is 19.4 Å². The SMILES string of the molecule is CCC[C@H](C#CC[NH+]1CCCCC1)OC(C)=O. The van der Waals surface area contributed by atoms with Crippen LogP contribution < -0.4 is 4.90 Å². The Morgan fingerprint density at radius 3 is 2.65 bits per heavy atom. The average Bonchev–Trinajstić information content (AvgIpc) is 2.30. The second-order valence-electron chi connectivity index (χ2n) is 4.70. The van der Waals surface area contributed by atoms with Crippen molar-refractivity contribution in [2.24, 2.45) is 0 Å². The van der Waals surface area contributed by atoms with E-state index in [0.29, 0.717) is 0 Å². The third-order valence-electron chi connectivity index (χ3n) is 3.02. The first-order valence-electron chi connectivity index (χ1n) is 6.71. The summed E-state index contributed by atoms with van der Waals surface area (Å²) in [7, 11) is 0. The number of rotatable bonds is 4. The van der Waals surface area contributed by atoms with E-state index < -0.39 is 0 Å². The highest BCUT2D eigenvalue weighted by molar-refractivity contribution is 5.66. The van der Waals surface area contributed by atoms with Crippen LogP contribution in [0.15, 0.2) is 0 Å². The predicted octanol–water partition coefficient (Wildman–Crippen LogP) is 0.790. The Kier molecular flexibility index (Phi) is 6.73. The van der Waals surface area contributed by atoms with Crippen molar-refractivity contribution < 1.29 is 14.4 Å². The van der Waals surface area contributed by atoms with Gasteiger partial charge in [0.2, 0.25) is 0 Å². The normalized spacial score (nSPS) is 18.0. The number of ether oxygens (including phenoxy) is 1. The predicted molar refractivity (Wildman–Crippen MR) is 67.7 cm³/mol. The third kappa shape index (κ3) is 6.33. The van der Waals surface area contributed by atoms with Crippen LogP contribution in [0.5, 0.6) is 0 Å². The molecular weight excluding hydrogens is 214 g/mol. The molecule has 0 saturated carbocycles. The van der Waals surface area contributed by atoms with Crippen LogP contribution in [0, 0.1) is 11.8 Å². The molecule has 0 radical (unpaired) electrons. The van der Waals surface area contributed by atoms with Gasteiger partial charge in [-0.05, 0) is 31.6 Å².